The molecule has 0 spiro atoms. The summed E-state index contributed by atoms with van der Waals surface area (Å²) in [6.45, 7) is 14.4. The Kier molecular flexibility index (Phi) is 8.11. The minimum Gasteiger partial charge on any atom is -0.496 e. The summed E-state index contributed by atoms with van der Waals surface area (Å²) in [5.74, 6) is 0.894. The Morgan fingerprint density at radius 2 is 1.55 bits per heavy atom. The van der Waals surface area contributed by atoms with E-state index in [0.717, 1.165) is 16.0 Å². The topological polar surface area (TPSA) is 90.8 Å². The van der Waals surface area contributed by atoms with Gasteiger partial charge in [-0.3, -0.25) is 0 Å². The summed E-state index contributed by atoms with van der Waals surface area (Å²) in [6.07, 6.45) is -0.359. The Morgan fingerprint density at radius 3 is 1.97 bits per heavy atom. The highest BCUT2D eigenvalue weighted by molar-refractivity contribution is 9.10. The smallest absolute Gasteiger partial charge is 0.425 e. The predicted molar refractivity (Wildman–Crippen MR) is 131 cm³/mol. The van der Waals surface area contributed by atoms with Crippen molar-refractivity contribution in [3.8, 4) is 17.0 Å². The number of halogens is 1. The molecule has 2 amide bonds. The Bertz CT molecular complexity index is 998. The number of aromatic nitrogens is 2. The van der Waals surface area contributed by atoms with Crippen LogP contribution in [0.2, 0.25) is 0 Å². The van der Waals surface area contributed by atoms with Crippen molar-refractivity contribution in [1.82, 2.24) is 9.97 Å². The molecule has 0 fully saturated rings. The predicted octanol–water partition coefficient (Wildman–Crippen LogP) is 6.71. The lowest BCUT2D eigenvalue weighted by atomic mass is 9.99. The third-order valence-electron chi connectivity index (χ3n) is 4.24. The largest absolute Gasteiger partial charge is 0.496 e. The first-order valence-corrected chi connectivity index (χ1v) is 11.4. The van der Waals surface area contributed by atoms with E-state index in [-0.39, 0.29) is 10.4 Å². The second-order valence-electron chi connectivity index (χ2n) is 9.78. The van der Waals surface area contributed by atoms with Gasteiger partial charge in [0.15, 0.2) is 5.82 Å². The molecule has 180 valence electrons. The molecular weight excluding hydrogens is 490 g/mol. The van der Waals surface area contributed by atoms with Crippen molar-refractivity contribution in [1.29, 1.82) is 0 Å². The van der Waals surface area contributed by atoms with E-state index in [1.54, 1.807) is 48.7 Å². The van der Waals surface area contributed by atoms with Crippen LogP contribution in [0.5, 0.6) is 5.75 Å². The summed E-state index contributed by atoms with van der Waals surface area (Å²) in [6, 6.07) is 5.86. The lowest BCUT2D eigenvalue weighted by Crippen LogP contribution is -2.44. The SMILES string of the molecule is COc1ccc(C(C)C)cc1-c1cnc(N(C(=O)OC(C)(C)C)C(=O)OC(C)(C)C)c(Br)n1. The number of hydrogen-bond acceptors (Lipinski definition) is 7. The number of nitrogens with zero attached hydrogens (tertiary/aromatic N) is 3. The summed E-state index contributed by atoms with van der Waals surface area (Å²) < 4.78 is 16.5. The fraction of sp³-hybridized carbons (Fsp3) is 0.500. The van der Waals surface area contributed by atoms with E-state index in [1.165, 1.54) is 6.20 Å². The zero-order valence-corrected chi connectivity index (χ0v) is 22.2. The number of hydrogen-bond donors (Lipinski definition) is 0. The highest BCUT2D eigenvalue weighted by atomic mass is 79.9. The molecule has 0 N–H and O–H groups in total. The molecule has 1 aromatic heterocycles. The van der Waals surface area contributed by atoms with Gasteiger partial charge in [-0.1, -0.05) is 19.9 Å². The van der Waals surface area contributed by atoms with Crippen molar-refractivity contribution in [3.63, 3.8) is 0 Å². The first kappa shape index (κ1) is 26.6. The number of ether oxygens (including phenoxy) is 3. The molecule has 0 aliphatic heterocycles. The van der Waals surface area contributed by atoms with Crippen LogP contribution in [0.25, 0.3) is 11.3 Å². The normalized spacial score (nSPS) is 11.8. The van der Waals surface area contributed by atoms with Gasteiger partial charge in [0, 0.05) is 5.56 Å². The molecule has 33 heavy (non-hydrogen) atoms. The van der Waals surface area contributed by atoms with E-state index >= 15 is 0 Å². The van der Waals surface area contributed by atoms with Crippen LogP contribution in [0.1, 0.15) is 66.9 Å². The molecule has 9 heteroatoms. The van der Waals surface area contributed by atoms with Crippen LogP contribution in [0.4, 0.5) is 15.4 Å². The van der Waals surface area contributed by atoms with Crippen molar-refractivity contribution in [2.75, 3.05) is 12.0 Å². The van der Waals surface area contributed by atoms with Gasteiger partial charge in [0.1, 0.15) is 21.6 Å². The zero-order valence-electron chi connectivity index (χ0n) is 20.6. The molecular formula is C24H32BrN3O5. The zero-order chi connectivity index (χ0) is 25.1. The van der Waals surface area contributed by atoms with Crippen LogP contribution in [-0.2, 0) is 9.47 Å². The van der Waals surface area contributed by atoms with E-state index in [2.05, 4.69) is 39.7 Å². The second kappa shape index (κ2) is 10.1. The minimum atomic E-state index is -0.918. The van der Waals surface area contributed by atoms with Crippen molar-refractivity contribution in [2.24, 2.45) is 0 Å². The third kappa shape index (κ3) is 7.15. The Balaban J connectivity index is 2.56. The Hall–Kier alpha value is -2.68. The first-order valence-electron chi connectivity index (χ1n) is 10.6. The van der Waals surface area contributed by atoms with Gasteiger partial charge < -0.3 is 14.2 Å². The molecule has 0 aliphatic carbocycles. The molecule has 0 aliphatic rings. The number of carbonyl (C=O) groups is 2. The maximum absolute atomic E-state index is 12.9. The molecule has 2 rings (SSSR count). The van der Waals surface area contributed by atoms with Crippen LogP contribution in [0.15, 0.2) is 29.0 Å². The highest BCUT2D eigenvalue weighted by Gasteiger charge is 2.35. The number of anilines is 1. The number of amides is 2. The third-order valence-corrected chi connectivity index (χ3v) is 4.77. The molecule has 2 aromatic rings. The fourth-order valence-electron chi connectivity index (χ4n) is 2.79. The summed E-state index contributed by atoms with van der Waals surface area (Å²) >= 11 is 3.36. The van der Waals surface area contributed by atoms with Gasteiger partial charge in [-0.15, -0.1) is 0 Å². The standard InChI is InChI=1S/C24H32BrN3O5/c1-14(2)15-10-11-18(31-9)16(12-15)17-13-26-20(19(25)27-17)28(21(29)32-23(3,4)5)22(30)33-24(6,7)8/h10-14H,1-9H3. The van der Waals surface area contributed by atoms with E-state index < -0.39 is 23.4 Å². The maximum Gasteiger partial charge on any atom is 0.425 e. The van der Waals surface area contributed by atoms with Gasteiger partial charge in [0.25, 0.3) is 0 Å². The highest BCUT2D eigenvalue weighted by Crippen LogP contribution is 2.34. The summed E-state index contributed by atoms with van der Waals surface area (Å²) in [7, 11) is 1.58. The van der Waals surface area contributed by atoms with Gasteiger partial charge in [-0.25, -0.2) is 19.6 Å². The number of imide groups is 1. The van der Waals surface area contributed by atoms with Crippen LogP contribution in [-0.4, -0.2) is 40.5 Å². The van der Waals surface area contributed by atoms with Gasteiger partial charge in [-0.05, 0) is 81.1 Å². The quantitative estimate of drug-likeness (QED) is 0.441. The van der Waals surface area contributed by atoms with Gasteiger partial charge in [0.2, 0.25) is 0 Å². The Labute approximate surface area is 203 Å². The maximum atomic E-state index is 12.9. The molecule has 0 saturated carbocycles. The van der Waals surface area contributed by atoms with Crippen LogP contribution < -0.4 is 9.64 Å². The summed E-state index contributed by atoms with van der Waals surface area (Å²) in [5, 5.41) is 0. The monoisotopic (exact) mass is 521 g/mol. The van der Waals surface area contributed by atoms with E-state index in [4.69, 9.17) is 14.2 Å². The van der Waals surface area contributed by atoms with Gasteiger partial charge in [-0.2, -0.15) is 4.90 Å². The van der Waals surface area contributed by atoms with Crippen LogP contribution in [0.3, 0.4) is 0 Å². The van der Waals surface area contributed by atoms with Crippen LogP contribution in [0, 0.1) is 0 Å². The van der Waals surface area contributed by atoms with Crippen molar-refractivity contribution >= 4 is 33.9 Å². The molecule has 0 atom stereocenters. The molecule has 0 unspecified atom stereocenters. The van der Waals surface area contributed by atoms with E-state index in [1.807, 2.05) is 18.2 Å². The van der Waals surface area contributed by atoms with E-state index in [0.29, 0.717) is 17.4 Å². The van der Waals surface area contributed by atoms with Crippen molar-refractivity contribution in [2.45, 2.75) is 72.5 Å². The van der Waals surface area contributed by atoms with Crippen molar-refractivity contribution < 1.29 is 23.8 Å². The molecule has 0 bridgehead atoms. The molecule has 1 heterocycles. The summed E-state index contributed by atoms with van der Waals surface area (Å²) in [5.41, 5.74) is 0.698. The van der Waals surface area contributed by atoms with Gasteiger partial charge >= 0.3 is 12.2 Å². The molecule has 0 saturated heterocycles. The molecule has 1 aromatic carbocycles. The van der Waals surface area contributed by atoms with Gasteiger partial charge in [0.05, 0.1) is 19.0 Å². The average Bonchev–Trinajstić information content (AvgIpc) is 2.66. The number of rotatable bonds is 4. The molecule has 8 nitrogen and oxygen atoms in total. The lowest BCUT2D eigenvalue weighted by molar-refractivity contribution is 0.0428. The average molecular weight is 522 g/mol. The van der Waals surface area contributed by atoms with Crippen molar-refractivity contribution in [3.05, 3.63) is 34.6 Å². The number of methoxy groups -OCH3 is 1. The number of benzene rings is 1. The Morgan fingerprint density at radius 1 is 1.00 bits per heavy atom. The fourth-order valence-corrected chi connectivity index (χ4v) is 3.26. The second-order valence-corrected chi connectivity index (χ2v) is 10.5. The van der Waals surface area contributed by atoms with E-state index in [9.17, 15) is 9.59 Å². The first-order chi connectivity index (χ1) is 15.1. The molecule has 0 radical (unpaired) electrons. The lowest BCUT2D eigenvalue weighted by Gasteiger charge is -2.28. The minimum absolute atomic E-state index is 0.0405. The summed E-state index contributed by atoms with van der Waals surface area (Å²) in [4.78, 5) is 35.5. The number of carbonyl (C=O) groups excluding carboxylic acids is 2. The van der Waals surface area contributed by atoms with Crippen LogP contribution >= 0.6 is 15.9 Å².